The van der Waals surface area contributed by atoms with Crippen molar-refractivity contribution in [3.05, 3.63) is 35.1 Å². The van der Waals surface area contributed by atoms with Crippen LogP contribution < -0.4 is 0 Å². The molecule has 9 heteroatoms. The molecule has 4 heterocycles. The third-order valence-corrected chi connectivity index (χ3v) is 4.90. The molecule has 0 amide bonds. The van der Waals surface area contributed by atoms with E-state index in [9.17, 15) is 0 Å². The van der Waals surface area contributed by atoms with Crippen LogP contribution in [0.25, 0.3) is 32.1 Å². The molecule has 0 radical (unpaired) electrons. The molecule has 0 aliphatic carbocycles. The predicted octanol–water partition coefficient (Wildman–Crippen LogP) is 3.24. The second-order valence-corrected chi connectivity index (χ2v) is 6.56. The molecule has 0 fully saturated rings. The van der Waals surface area contributed by atoms with E-state index in [2.05, 4.69) is 29.9 Å². The molecule has 0 aliphatic heterocycles. The van der Waals surface area contributed by atoms with E-state index in [0.717, 1.165) is 14.6 Å². The third kappa shape index (κ3) is 2.46. The molecule has 4 rings (SSSR count). The molecule has 4 aromatic heterocycles. The second kappa shape index (κ2) is 5.35. The van der Waals surface area contributed by atoms with E-state index in [1.165, 1.54) is 34.0 Å². The molecule has 0 aliphatic rings. The summed E-state index contributed by atoms with van der Waals surface area (Å²) in [5.41, 5.74) is 5.29. The zero-order valence-corrected chi connectivity index (χ0v) is 12.8. The van der Waals surface area contributed by atoms with Crippen LogP contribution in [-0.4, -0.2) is 29.9 Å². The summed E-state index contributed by atoms with van der Waals surface area (Å²) in [7, 11) is 0. The number of nitrogens with zero attached hydrogens (tertiary/aromatic N) is 6. The Labute approximate surface area is 131 Å². The molecule has 0 saturated heterocycles. The molecule has 0 aromatic carbocycles. The second-order valence-electron chi connectivity index (χ2n) is 3.90. The van der Waals surface area contributed by atoms with Crippen molar-refractivity contribution in [2.45, 2.75) is 0 Å². The summed E-state index contributed by atoms with van der Waals surface area (Å²) in [5, 5.41) is 0. The van der Waals surface area contributed by atoms with E-state index in [1.54, 1.807) is 35.1 Å². The first-order valence-electron chi connectivity index (χ1n) is 5.83. The molecular formula is C12H6N6S3. The van der Waals surface area contributed by atoms with Gasteiger partial charge < -0.3 is 0 Å². The summed E-state index contributed by atoms with van der Waals surface area (Å²) < 4.78 is 0. The lowest BCUT2D eigenvalue weighted by Gasteiger charge is -2.03. The van der Waals surface area contributed by atoms with E-state index < -0.39 is 0 Å². The SMILES string of the molecule is c1ncc(-c2nc(-c3cncs3)nc(-c3cncs3)n2)s1. The first-order valence-corrected chi connectivity index (χ1v) is 8.47. The van der Waals surface area contributed by atoms with Gasteiger partial charge in [-0.3, -0.25) is 15.0 Å². The molecule has 6 nitrogen and oxygen atoms in total. The van der Waals surface area contributed by atoms with Gasteiger partial charge in [-0.2, -0.15) is 0 Å². The molecule has 0 bridgehead atoms. The summed E-state index contributed by atoms with van der Waals surface area (Å²) >= 11 is 4.50. The summed E-state index contributed by atoms with van der Waals surface area (Å²) in [6.45, 7) is 0. The van der Waals surface area contributed by atoms with E-state index in [4.69, 9.17) is 0 Å². The van der Waals surface area contributed by atoms with Crippen LogP contribution in [0.15, 0.2) is 35.1 Å². The first kappa shape index (κ1) is 12.6. The van der Waals surface area contributed by atoms with E-state index in [-0.39, 0.29) is 0 Å². The monoisotopic (exact) mass is 330 g/mol. The highest BCUT2D eigenvalue weighted by atomic mass is 32.1. The van der Waals surface area contributed by atoms with Crippen molar-refractivity contribution in [1.82, 2.24) is 29.9 Å². The summed E-state index contributed by atoms with van der Waals surface area (Å²) in [4.78, 5) is 28.6. The van der Waals surface area contributed by atoms with E-state index >= 15 is 0 Å². The van der Waals surface area contributed by atoms with Crippen LogP contribution in [0.4, 0.5) is 0 Å². The van der Waals surface area contributed by atoms with Crippen LogP contribution in [0.2, 0.25) is 0 Å². The van der Waals surface area contributed by atoms with Gasteiger partial charge in [0.05, 0.1) is 31.2 Å². The minimum absolute atomic E-state index is 0.624. The van der Waals surface area contributed by atoms with Crippen LogP contribution in [-0.2, 0) is 0 Å². The maximum Gasteiger partial charge on any atom is 0.175 e. The minimum Gasteiger partial charge on any atom is -0.252 e. The lowest BCUT2D eigenvalue weighted by Crippen LogP contribution is -1.97. The largest absolute Gasteiger partial charge is 0.252 e. The van der Waals surface area contributed by atoms with Gasteiger partial charge in [-0.1, -0.05) is 0 Å². The fourth-order valence-electron chi connectivity index (χ4n) is 1.69. The Hall–Kier alpha value is -2.10. The fraction of sp³-hybridized carbons (Fsp3) is 0. The number of hydrogen-bond acceptors (Lipinski definition) is 9. The number of hydrogen-bond donors (Lipinski definition) is 0. The first-order chi connectivity index (χ1) is 10.4. The third-order valence-electron chi connectivity index (χ3n) is 2.59. The zero-order valence-electron chi connectivity index (χ0n) is 10.4. The topological polar surface area (TPSA) is 77.3 Å². The van der Waals surface area contributed by atoms with E-state index in [1.807, 2.05) is 0 Å². The molecule has 0 atom stereocenters. The van der Waals surface area contributed by atoms with Crippen LogP contribution in [0.5, 0.6) is 0 Å². The van der Waals surface area contributed by atoms with Crippen molar-refractivity contribution in [3.8, 4) is 32.1 Å². The van der Waals surface area contributed by atoms with Crippen LogP contribution in [0, 0.1) is 0 Å². The van der Waals surface area contributed by atoms with Crippen molar-refractivity contribution in [2.24, 2.45) is 0 Å². The Balaban J connectivity index is 1.92. The molecule has 4 aromatic rings. The van der Waals surface area contributed by atoms with Crippen molar-refractivity contribution in [2.75, 3.05) is 0 Å². The molecule has 102 valence electrons. The number of rotatable bonds is 3. The van der Waals surface area contributed by atoms with Gasteiger partial charge in [0.2, 0.25) is 0 Å². The smallest absolute Gasteiger partial charge is 0.175 e. The molecule has 0 N–H and O–H groups in total. The number of thiazole rings is 3. The van der Waals surface area contributed by atoms with Gasteiger partial charge in [-0.25, -0.2) is 15.0 Å². The lowest BCUT2D eigenvalue weighted by molar-refractivity contribution is 1.08. The Bertz CT molecular complexity index is 712. The molecule has 21 heavy (non-hydrogen) atoms. The van der Waals surface area contributed by atoms with Gasteiger partial charge in [-0.05, 0) is 0 Å². The van der Waals surface area contributed by atoms with Gasteiger partial charge in [0, 0.05) is 18.6 Å². The van der Waals surface area contributed by atoms with Crippen LogP contribution in [0.1, 0.15) is 0 Å². The van der Waals surface area contributed by atoms with Crippen molar-refractivity contribution >= 4 is 34.0 Å². The highest BCUT2D eigenvalue weighted by Crippen LogP contribution is 2.28. The molecule has 0 spiro atoms. The quantitative estimate of drug-likeness (QED) is 0.574. The lowest BCUT2D eigenvalue weighted by atomic mass is 10.4. The normalized spacial score (nSPS) is 10.9. The summed E-state index contributed by atoms with van der Waals surface area (Å²) in [6, 6.07) is 0. The predicted molar refractivity (Wildman–Crippen MR) is 83.2 cm³/mol. The molecule has 0 unspecified atom stereocenters. The average Bonchev–Trinajstić information content (AvgIpc) is 3.29. The summed E-state index contributed by atoms with van der Waals surface area (Å²) in [6.07, 6.45) is 5.27. The minimum atomic E-state index is 0.624. The Morgan fingerprint density at radius 3 is 1.10 bits per heavy atom. The maximum atomic E-state index is 4.53. The van der Waals surface area contributed by atoms with Gasteiger partial charge in [0.25, 0.3) is 0 Å². The van der Waals surface area contributed by atoms with Gasteiger partial charge in [0.15, 0.2) is 17.5 Å². The van der Waals surface area contributed by atoms with Crippen molar-refractivity contribution in [1.29, 1.82) is 0 Å². The standard InChI is InChI=1S/C12H6N6S3/c1-7(19-4-13-1)10-16-11(8-2-14-5-20-8)18-12(17-10)9-3-15-6-21-9/h1-6H. The highest BCUT2D eigenvalue weighted by molar-refractivity contribution is 7.13. The average molecular weight is 330 g/mol. The van der Waals surface area contributed by atoms with E-state index in [0.29, 0.717) is 17.5 Å². The van der Waals surface area contributed by atoms with Crippen LogP contribution >= 0.6 is 34.0 Å². The Morgan fingerprint density at radius 1 is 0.524 bits per heavy atom. The van der Waals surface area contributed by atoms with Gasteiger partial charge in [-0.15, -0.1) is 34.0 Å². The Kier molecular flexibility index (Phi) is 3.22. The highest BCUT2D eigenvalue weighted by Gasteiger charge is 2.14. The van der Waals surface area contributed by atoms with Crippen molar-refractivity contribution < 1.29 is 0 Å². The molecular weight excluding hydrogens is 324 g/mol. The number of aromatic nitrogens is 6. The van der Waals surface area contributed by atoms with Crippen LogP contribution in [0.3, 0.4) is 0 Å². The molecule has 0 saturated carbocycles. The summed E-state index contributed by atoms with van der Waals surface area (Å²) in [5.74, 6) is 1.87. The van der Waals surface area contributed by atoms with Crippen molar-refractivity contribution in [3.63, 3.8) is 0 Å². The fourth-order valence-corrected chi connectivity index (χ4v) is 3.35. The van der Waals surface area contributed by atoms with Gasteiger partial charge >= 0.3 is 0 Å². The Morgan fingerprint density at radius 2 is 0.857 bits per heavy atom. The van der Waals surface area contributed by atoms with Gasteiger partial charge in [0.1, 0.15) is 0 Å². The zero-order chi connectivity index (χ0) is 14.1. The maximum absolute atomic E-state index is 4.53.